The lowest BCUT2D eigenvalue weighted by Crippen LogP contribution is -2.34. The number of hydrogen-bond acceptors (Lipinski definition) is 0. The van der Waals surface area contributed by atoms with E-state index in [2.05, 4.69) is 13.8 Å². The van der Waals surface area contributed by atoms with Gasteiger partial charge in [0.2, 0.25) is 0 Å². The summed E-state index contributed by atoms with van der Waals surface area (Å²) < 4.78 is 0. The van der Waals surface area contributed by atoms with Crippen molar-refractivity contribution >= 4 is 0 Å². The van der Waals surface area contributed by atoms with Gasteiger partial charge in [-0.05, 0) is 36.5 Å². The third kappa shape index (κ3) is 1.32. The first-order chi connectivity index (χ1) is 5.27. The Morgan fingerprint density at radius 1 is 1.00 bits per heavy atom. The first-order valence-corrected chi connectivity index (χ1v) is 5.27. The number of rotatable bonds is 0. The molecule has 3 aliphatic carbocycles. The quantitative estimate of drug-likeness (QED) is 0.498. The standard InChI is InChI=1S/C11H20/c1-8-4-3-5-10-6-11(7-10)9(8)2/h8-11H,3-7H2,1-2H3. The van der Waals surface area contributed by atoms with Crippen molar-refractivity contribution in [3.63, 3.8) is 0 Å². The summed E-state index contributed by atoms with van der Waals surface area (Å²) in [7, 11) is 0. The average Bonchev–Trinajstić information content (AvgIpc) is 1.89. The van der Waals surface area contributed by atoms with Crippen LogP contribution in [0.3, 0.4) is 0 Å². The topological polar surface area (TPSA) is 0 Å². The highest BCUT2D eigenvalue weighted by Crippen LogP contribution is 2.46. The van der Waals surface area contributed by atoms with Crippen LogP contribution in [0.15, 0.2) is 0 Å². The summed E-state index contributed by atoms with van der Waals surface area (Å²) in [5.74, 6) is 4.26. The average molecular weight is 152 g/mol. The van der Waals surface area contributed by atoms with Crippen LogP contribution in [0.5, 0.6) is 0 Å². The van der Waals surface area contributed by atoms with E-state index in [1.165, 1.54) is 19.3 Å². The Hall–Kier alpha value is 0. The Balaban J connectivity index is 1.97. The smallest absolute Gasteiger partial charge is 0.0381 e. The minimum Gasteiger partial charge on any atom is -0.0622 e. The van der Waals surface area contributed by atoms with Crippen LogP contribution in [0.2, 0.25) is 0 Å². The monoisotopic (exact) mass is 152 g/mol. The lowest BCUT2D eigenvalue weighted by Gasteiger charge is -2.44. The van der Waals surface area contributed by atoms with E-state index in [4.69, 9.17) is 0 Å². The molecule has 64 valence electrons. The van der Waals surface area contributed by atoms with Gasteiger partial charge in [-0.3, -0.25) is 0 Å². The van der Waals surface area contributed by atoms with Gasteiger partial charge in [0.05, 0.1) is 0 Å². The molecule has 0 aliphatic heterocycles. The molecule has 0 spiro atoms. The molecule has 0 aromatic rings. The van der Waals surface area contributed by atoms with Crippen LogP contribution >= 0.6 is 0 Å². The SMILES string of the molecule is CC1CCCC2CC(C2)C1C. The highest BCUT2D eigenvalue weighted by molar-refractivity contribution is 4.87. The van der Waals surface area contributed by atoms with Gasteiger partial charge in [-0.15, -0.1) is 0 Å². The molecule has 0 heterocycles. The summed E-state index contributed by atoms with van der Waals surface area (Å²) in [5.41, 5.74) is 0. The third-order valence-electron chi connectivity index (χ3n) is 4.19. The molecule has 0 N–H and O–H groups in total. The van der Waals surface area contributed by atoms with E-state index in [1.54, 1.807) is 12.8 Å². The van der Waals surface area contributed by atoms with Crippen molar-refractivity contribution < 1.29 is 0 Å². The maximum Gasteiger partial charge on any atom is -0.0381 e. The lowest BCUT2D eigenvalue weighted by molar-refractivity contribution is 0.0673. The van der Waals surface area contributed by atoms with E-state index in [0.29, 0.717) is 0 Å². The van der Waals surface area contributed by atoms with Crippen LogP contribution in [0.25, 0.3) is 0 Å². The normalized spacial score (nSPS) is 50.7. The minimum atomic E-state index is 1.00. The van der Waals surface area contributed by atoms with Crippen molar-refractivity contribution in [2.75, 3.05) is 0 Å². The number of hydrogen-bond donors (Lipinski definition) is 0. The minimum absolute atomic E-state index is 1.00. The first-order valence-electron chi connectivity index (χ1n) is 5.27. The zero-order valence-corrected chi connectivity index (χ0v) is 7.84. The van der Waals surface area contributed by atoms with Crippen LogP contribution in [-0.2, 0) is 0 Å². The molecule has 0 nitrogen and oxygen atoms in total. The van der Waals surface area contributed by atoms with Gasteiger partial charge < -0.3 is 0 Å². The van der Waals surface area contributed by atoms with Crippen LogP contribution in [0.4, 0.5) is 0 Å². The second-order valence-electron chi connectivity index (χ2n) is 4.86. The van der Waals surface area contributed by atoms with E-state index in [9.17, 15) is 0 Å². The van der Waals surface area contributed by atoms with Gasteiger partial charge in [-0.1, -0.05) is 33.1 Å². The van der Waals surface area contributed by atoms with Crippen LogP contribution in [0, 0.1) is 23.7 Å². The van der Waals surface area contributed by atoms with Gasteiger partial charge >= 0.3 is 0 Å². The lowest BCUT2D eigenvalue weighted by atomic mass is 9.62. The summed E-state index contributed by atoms with van der Waals surface area (Å²) in [5, 5.41) is 0. The molecule has 11 heavy (non-hydrogen) atoms. The van der Waals surface area contributed by atoms with Crippen molar-refractivity contribution in [3.8, 4) is 0 Å². The van der Waals surface area contributed by atoms with Crippen LogP contribution in [0.1, 0.15) is 46.0 Å². The molecule has 3 aliphatic rings. The molecule has 0 aromatic carbocycles. The van der Waals surface area contributed by atoms with Crippen molar-refractivity contribution in [1.29, 1.82) is 0 Å². The highest BCUT2D eigenvalue weighted by Gasteiger charge is 2.36. The molecule has 0 radical (unpaired) electrons. The molecule has 0 amide bonds. The number of fused-ring (bicyclic) bond motifs is 4. The van der Waals surface area contributed by atoms with Gasteiger partial charge in [0.1, 0.15) is 0 Å². The summed E-state index contributed by atoms with van der Waals surface area (Å²) >= 11 is 0. The predicted octanol–water partition coefficient (Wildman–Crippen LogP) is 3.47. The highest BCUT2D eigenvalue weighted by atomic mass is 14.4. The van der Waals surface area contributed by atoms with E-state index in [1.807, 2.05) is 0 Å². The zero-order chi connectivity index (χ0) is 7.84. The second-order valence-corrected chi connectivity index (χ2v) is 4.86. The molecule has 2 unspecified atom stereocenters. The van der Waals surface area contributed by atoms with E-state index < -0.39 is 0 Å². The van der Waals surface area contributed by atoms with Gasteiger partial charge in [0.15, 0.2) is 0 Å². The Kier molecular flexibility index (Phi) is 1.95. The Labute approximate surface area is 70.4 Å². The van der Waals surface area contributed by atoms with Crippen molar-refractivity contribution in [2.24, 2.45) is 23.7 Å². The second kappa shape index (κ2) is 2.80. The third-order valence-corrected chi connectivity index (χ3v) is 4.19. The molecule has 0 saturated heterocycles. The van der Waals surface area contributed by atoms with Crippen molar-refractivity contribution in [2.45, 2.75) is 46.0 Å². The summed E-state index contributed by atoms with van der Waals surface area (Å²) in [6.45, 7) is 4.92. The Morgan fingerprint density at radius 3 is 2.45 bits per heavy atom. The van der Waals surface area contributed by atoms with Gasteiger partial charge in [-0.25, -0.2) is 0 Å². The van der Waals surface area contributed by atoms with Crippen molar-refractivity contribution in [1.82, 2.24) is 0 Å². The fourth-order valence-corrected chi connectivity index (χ4v) is 2.91. The van der Waals surface area contributed by atoms with E-state index >= 15 is 0 Å². The van der Waals surface area contributed by atoms with Crippen molar-refractivity contribution in [3.05, 3.63) is 0 Å². The summed E-state index contributed by atoms with van der Waals surface area (Å²) in [6.07, 6.45) is 7.65. The molecular weight excluding hydrogens is 132 g/mol. The molecule has 0 heteroatoms. The predicted molar refractivity (Wildman–Crippen MR) is 48.4 cm³/mol. The molecule has 3 saturated carbocycles. The fourth-order valence-electron chi connectivity index (χ4n) is 2.91. The Bertz CT molecular complexity index is 128. The summed E-state index contributed by atoms with van der Waals surface area (Å²) in [6, 6.07) is 0. The summed E-state index contributed by atoms with van der Waals surface area (Å²) in [4.78, 5) is 0. The van der Waals surface area contributed by atoms with E-state index in [-0.39, 0.29) is 0 Å². The molecule has 3 rings (SSSR count). The van der Waals surface area contributed by atoms with Gasteiger partial charge in [-0.2, -0.15) is 0 Å². The first kappa shape index (κ1) is 7.64. The zero-order valence-electron chi connectivity index (χ0n) is 7.84. The molecule has 3 fully saturated rings. The molecule has 2 bridgehead atoms. The maximum atomic E-state index is 2.47. The van der Waals surface area contributed by atoms with E-state index in [0.717, 1.165) is 23.7 Å². The molecule has 2 atom stereocenters. The molecule has 0 aromatic heterocycles. The van der Waals surface area contributed by atoms with Crippen LogP contribution < -0.4 is 0 Å². The maximum absolute atomic E-state index is 2.47. The molecular formula is C11H20. The van der Waals surface area contributed by atoms with Crippen LogP contribution in [-0.4, -0.2) is 0 Å². The van der Waals surface area contributed by atoms with Gasteiger partial charge in [0, 0.05) is 0 Å². The Morgan fingerprint density at radius 2 is 1.73 bits per heavy atom. The fraction of sp³-hybridized carbons (Fsp3) is 1.00. The largest absolute Gasteiger partial charge is 0.0622 e. The van der Waals surface area contributed by atoms with Gasteiger partial charge in [0.25, 0.3) is 0 Å².